The summed E-state index contributed by atoms with van der Waals surface area (Å²) in [5.41, 5.74) is -1.17. The molecular formula is C22H22F3N5O3S. The highest BCUT2D eigenvalue weighted by Crippen LogP contribution is 2.40. The number of aromatic nitrogens is 1. The summed E-state index contributed by atoms with van der Waals surface area (Å²) in [5, 5.41) is 17.7. The molecule has 0 aliphatic carbocycles. The van der Waals surface area contributed by atoms with Gasteiger partial charge in [-0.2, -0.15) is 0 Å². The maximum Gasteiger partial charge on any atom is 0.336 e. The average molecular weight is 494 g/mol. The average Bonchev–Trinajstić information content (AvgIpc) is 3.40. The fourth-order valence-corrected chi connectivity index (χ4v) is 4.95. The van der Waals surface area contributed by atoms with Crippen molar-refractivity contribution in [2.24, 2.45) is 4.99 Å². The predicted octanol–water partition coefficient (Wildman–Crippen LogP) is 2.34. The molecule has 1 unspecified atom stereocenters. The number of carbonyl (C=O) groups excluding carboxylic acids is 1. The second kappa shape index (κ2) is 8.84. The molecule has 0 spiro atoms. The summed E-state index contributed by atoms with van der Waals surface area (Å²) in [6, 6.07) is 4.12. The number of nitrogens with one attached hydrogen (secondary N) is 2. The molecule has 180 valence electrons. The highest BCUT2D eigenvalue weighted by atomic mass is 32.1. The third-order valence-corrected chi connectivity index (χ3v) is 6.71. The second-order valence-corrected chi connectivity index (χ2v) is 9.15. The molecule has 2 aromatic rings. The molecular weight excluding hydrogens is 471 g/mol. The minimum atomic E-state index is -3.11. The van der Waals surface area contributed by atoms with Crippen LogP contribution in [0.5, 0.6) is 0 Å². The first-order chi connectivity index (χ1) is 16.0. The van der Waals surface area contributed by atoms with Crippen LogP contribution in [0, 0.1) is 5.82 Å². The Bertz CT molecular complexity index is 1170. The number of aliphatic carboxylic acids is 1. The Kier molecular flexibility index (Phi) is 6.21. The first-order valence-electron chi connectivity index (χ1n) is 10.4. The van der Waals surface area contributed by atoms with Crippen molar-refractivity contribution in [3.8, 4) is 0 Å². The van der Waals surface area contributed by atoms with E-state index < -0.39 is 48.2 Å². The number of alkyl halides is 2. The van der Waals surface area contributed by atoms with Crippen LogP contribution >= 0.6 is 11.3 Å². The number of benzene rings is 1. The molecule has 1 amide bonds. The first-order valence-corrected chi connectivity index (χ1v) is 11.3. The molecule has 34 heavy (non-hydrogen) atoms. The normalized spacial score (nSPS) is 24.5. The van der Waals surface area contributed by atoms with Gasteiger partial charge in [-0.1, -0.05) is 12.1 Å². The molecule has 8 nitrogen and oxygen atoms in total. The standard InChI is InChI=1S/C22H22F3N5O3S/c1-21(12-3-5-13(23)6-4-12)16(20(32)33)14(28-17(29-21)19-27-7-8-34-19)10-30-11-22(24,25)9-15(30)18(31)26-2/h3-8,15H,9-11H2,1-2H3,(H,26,31)(H,28,29)(H,32,33)/t15-,21?/m0/s1. The molecule has 3 N–H and O–H groups in total. The molecule has 3 heterocycles. The van der Waals surface area contributed by atoms with Crippen LogP contribution in [-0.2, 0) is 15.1 Å². The van der Waals surface area contributed by atoms with Crippen molar-refractivity contribution < 1.29 is 27.9 Å². The molecule has 0 bridgehead atoms. The summed E-state index contributed by atoms with van der Waals surface area (Å²) in [4.78, 5) is 34.9. The molecule has 4 rings (SSSR count). The fourth-order valence-electron chi connectivity index (χ4n) is 4.37. The Morgan fingerprint density at radius 2 is 2.03 bits per heavy atom. The lowest BCUT2D eigenvalue weighted by Crippen LogP contribution is -2.48. The van der Waals surface area contributed by atoms with E-state index in [4.69, 9.17) is 0 Å². The number of hydrogen-bond donors (Lipinski definition) is 3. The van der Waals surface area contributed by atoms with E-state index in [1.54, 1.807) is 18.5 Å². The highest BCUT2D eigenvalue weighted by Gasteiger charge is 2.49. The maximum absolute atomic E-state index is 14.3. The van der Waals surface area contributed by atoms with Crippen LogP contribution in [0.3, 0.4) is 0 Å². The monoisotopic (exact) mass is 493 g/mol. The molecule has 2 atom stereocenters. The van der Waals surface area contributed by atoms with Gasteiger partial charge in [0.1, 0.15) is 11.4 Å². The topological polar surface area (TPSA) is 107 Å². The number of likely N-dealkylation sites (N-methyl/N-ethyl adjacent to an activating group) is 1. The highest BCUT2D eigenvalue weighted by molar-refractivity contribution is 7.11. The Labute approximate surface area is 197 Å². The number of carboxylic acid groups (broad SMARTS) is 1. The van der Waals surface area contributed by atoms with Gasteiger partial charge in [0, 0.05) is 37.3 Å². The van der Waals surface area contributed by atoms with E-state index in [2.05, 4.69) is 20.6 Å². The number of amides is 1. The minimum absolute atomic E-state index is 0.103. The molecule has 1 saturated heterocycles. The lowest BCUT2D eigenvalue weighted by Gasteiger charge is -2.36. The number of aliphatic imine (C=N–C) groups is 1. The van der Waals surface area contributed by atoms with Gasteiger partial charge in [0.15, 0.2) is 10.8 Å². The van der Waals surface area contributed by atoms with Gasteiger partial charge >= 0.3 is 5.97 Å². The lowest BCUT2D eigenvalue weighted by atomic mass is 9.82. The zero-order chi connectivity index (χ0) is 24.7. The van der Waals surface area contributed by atoms with Gasteiger partial charge in [-0.25, -0.2) is 27.9 Å². The summed E-state index contributed by atoms with van der Waals surface area (Å²) in [7, 11) is 1.36. The Balaban J connectivity index is 1.83. The molecule has 1 aromatic carbocycles. The van der Waals surface area contributed by atoms with Gasteiger partial charge in [0.05, 0.1) is 18.2 Å². The van der Waals surface area contributed by atoms with Crippen molar-refractivity contribution in [3.05, 3.63) is 63.5 Å². The summed E-state index contributed by atoms with van der Waals surface area (Å²) >= 11 is 1.26. The number of thiazole rings is 1. The van der Waals surface area contributed by atoms with Gasteiger partial charge in [0.2, 0.25) is 5.91 Å². The van der Waals surface area contributed by atoms with Gasteiger partial charge in [-0.15, -0.1) is 11.3 Å². The first kappa shape index (κ1) is 23.9. The van der Waals surface area contributed by atoms with E-state index in [9.17, 15) is 27.9 Å². The van der Waals surface area contributed by atoms with Crippen LogP contribution in [0.2, 0.25) is 0 Å². The van der Waals surface area contributed by atoms with Crippen molar-refractivity contribution in [3.63, 3.8) is 0 Å². The second-order valence-electron chi connectivity index (χ2n) is 8.26. The van der Waals surface area contributed by atoms with Gasteiger partial charge < -0.3 is 15.7 Å². The van der Waals surface area contributed by atoms with Crippen molar-refractivity contribution in [1.82, 2.24) is 20.5 Å². The molecule has 12 heteroatoms. The van der Waals surface area contributed by atoms with Crippen LogP contribution in [0.4, 0.5) is 13.2 Å². The van der Waals surface area contributed by atoms with E-state index in [1.165, 1.54) is 47.5 Å². The Morgan fingerprint density at radius 1 is 1.32 bits per heavy atom. The number of halogens is 3. The quantitative estimate of drug-likeness (QED) is 0.571. The van der Waals surface area contributed by atoms with Crippen LogP contribution < -0.4 is 10.6 Å². The Morgan fingerprint density at radius 3 is 2.62 bits per heavy atom. The molecule has 1 aromatic heterocycles. The zero-order valence-electron chi connectivity index (χ0n) is 18.3. The van der Waals surface area contributed by atoms with Crippen molar-refractivity contribution in [2.45, 2.75) is 30.8 Å². The van der Waals surface area contributed by atoms with Crippen molar-refractivity contribution >= 4 is 29.0 Å². The van der Waals surface area contributed by atoms with Gasteiger partial charge in [-0.05, 0) is 24.6 Å². The number of hydrogen-bond acceptors (Lipinski definition) is 7. The number of amidine groups is 1. The summed E-state index contributed by atoms with van der Waals surface area (Å²) < 4.78 is 42.1. The maximum atomic E-state index is 14.3. The Hall–Kier alpha value is -3.25. The smallest absolute Gasteiger partial charge is 0.336 e. The van der Waals surface area contributed by atoms with Crippen LogP contribution in [0.1, 0.15) is 23.9 Å². The molecule has 0 radical (unpaired) electrons. The fraction of sp³-hybridized carbons (Fsp3) is 0.364. The number of carboxylic acids is 1. The molecule has 0 saturated carbocycles. The van der Waals surface area contributed by atoms with E-state index in [0.717, 1.165) is 0 Å². The number of likely N-dealkylation sites (tertiary alicyclic amines) is 1. The van der Waals surface area contributed by atoms with Gasteiger partial charge in [-0.3, -0.25) is 9.69 Å². The van der Waals surface area contributed by atoms with E-state index in [0.29, 0.717) is 10.6 Å². The van der Waals surface area contributed by atoms with Crippen molar-refractivity contribution in [1.29, 1.82) is 0 Å². The van der Waals surface area contributed by atoms with E-state index >= 15 is 0 Å². The summed E-state index contributed by atoms with van der Waals surface area (Å²) in [5.74, 6) is -5.26. The third-order valence-electron chi connectivity index (χ3n) is 5.93. The third kappa shape index (κ3) is 4.42. The zero-order valence-corrected chi connectivity index (χ0v) is 19.1. The van der Waals surface area contributed by atoms with E-state index in [-0.39, 0.29) is 23.7 Å². The van der Waals surface area contributed by atoms with Crippen LogP contribution in [0.15, 0.2) is 52.1 Å². The minimum Gasteiger partial charge on any atom is -0.478 e. The van der Waals surface area contributed by atoms with E-state index in [1.807, 2.05) is 0 Å². The SMILES string of the molecule is CNC(=O)[C@@H]1CC(F)(F)CN1CC1=C(C(=O)O)C(C)(c2ccc(F)cc2)N=C(c2nccs2)N1. The van der Waals surface area contributed by atoms with Crippen molar-refractivity contribution in [2.75, 3.05) is 20.1 Å². The summed E-state index contributed by atoms with van der Waals surface area (Å²) in [6.45, 7) is 0.587. The molecule has 1 fully saturated rings. The predicted molar refractivity (Wildman–Crippen MR) is 119 cm³/mol. The largest absolute Gasteiger partial charge is 0.478 e. The summed E-state index contributed by atoms with van der Waals surface area (Å²) in [6.07, 6.45) is 0.878. The lowest BCUT2D eigenvalue weighted by molar-refractivity contribution is -0.133. The molecule has 2 aliphatic rings. The van der Waals surface area contributed by atoms with Crippen LogP contribution in [0.25, 0.3) is 0 Å². The number of carbonyl (C=O) groups is 2. The molecule has 2 aliphatic heterocycles. The van der Waals surface area contributed by atoms with Gasteiger partial charge in [0.25, 0.3) is 5.92 Å². The number of rotatable bonds is 6. The number of nitrogens with zero attached hydrogens (tertiary/aromatic N) is 3. The van der Waals surface area contributed by atoms with Crippen LogP contribution in [-0.4, -0.2) is 64.8 Å².